The van der Waals surface area contributed by atoms with Gasteiger partial charge in [-0.3, -0.25) is 4.72 Å². The van der Waals surface area contributed by atoms with Crippen LogP contribution in [0.15, 0.2) is 65.8 Å². The van der Waals surface area contributed by atoms with Gasteiger partial charge in [0.25, 0.3) is 10.0 Å². The van der Waals surface area contributed by atoms with E-state index in [1.165, 1.54) is 29.2 Å². The van der Waals surface area contributed by atoms with Crippen LogP contribution in [0.2, 0.25) is 5.02 Å². The number of nitrogens with zero attached hydrogens (tertiary/aromatic N) is 2. The third-order valence-corrected chi connectivity index (χ3v) is 5.04. The number of anilines is 1. The number of rotatable bonds is 5. The summed E-state index contributed by atoms with van der Waals surface area (Å²) in [5, 5.41) is 4.39. The molecule has 0 aliphatic heterocycles. The highest BCUT2D eigenvalue weighted by Gasteiger charge is 2.34. The number of aromatic nitrogens is 2. The average Bonchev–Trinajstić information content (AvgIpc) is 3.01. The quantitative estimate of drug-likeness (QED) is 0.674. The van der Waals surface area contributed by atoms with Crippen LogP contribution in [0.25, 0.3) is 5.69 Å². The molecule has 6 nitrogen and oxygen atoms in total. The largest absolute Gasteiger partial charge is 0.573 e. The van der Waals surface area contributed by atoms with Crippen molar-refractivity contribution in [1.82, 2.24) is 9.78 Å². The molecule has 1 aromatic heterocycles. The van der Waals surface area contributed by atoms with Gasteiger partial charge in [0.1, 0.15) is 10.6 Å². The van der Waals surface area contributed by atoms with Gasteiger partial charge in [0, 0.05) is 0 Å². The Morgan fingerprint density at radius 2 is 1.74 bits per heavy atom. The molecule has 0 unspecified atom stereocenters. The number of halogens is 4. The van der Waals surface area contributed by atoms with E-state index in [0.717, 1.165) is 12.1 Å². The van der Waals surface area contributed by atoms with Crippen molar-refractivity contribution in [1.29, 1.82) is 0 Å². The first-order valence-electron chi connectivity index (χ1n) is 7.33. The number of ether oxygens (including phenoxy) is 1. The number of nitrogens with one attached hydrogen (secondary N) is 1. The standard InChI is InChI=1S/C16H11ClF3N3O3S/c17-12-5-1-2-6-13(12)23-10-11(9-21-23)22-27(24,25)15-8-4-3-7-14(15)26-16(18,19)20/h1-10,22H. The van der Waals surface area contributed by atoms with Crippen LogP contribution in [0.3, 0.4) is 0 Å². The van der Waals surface area contributed by atoms with E-state index in [2.05, 4.69) is 14.6 Å². The van der Waals surface area contributed by atoms with E-state index in [0.29, 0.717) is 10.7 Å². The van der Waals surface area contributed by atoms with Crippen LogP contribution in [0, 0.1) is 0 Å². The lowest BCUT2D eigenvalue weighted by molar-refractivity contribution is -0.275. The lowest BCUT2D eigenvalue weighted by Gasteiger charge is -2.13. The van der Waals surface area contributed by atoms with Crippen LogP contribution in [0.4, 0.5) is 18.9 Å². The van der Waals surface area contributed by atoms with Gasteiger partial charge in [0.2, 0.25) is 0 Å². The lowest BCUT2D eigenvalue weighted by atomic mass is 10.3. The summed E-state index contributed by atoms with van der Waals surface area (Å²) in [6, 6.07) is 11.2. The minimum absolute atomic E-state index is 0.0386. The molecule has 1 heterocycles. The van der Waals surface area contributed by atoms with Gasteiger partial charge in [-0.05, 0) is 24.3 Å². The predicted octanol–water partition coefficient (Wildman–Crippen LogP) is 4.23. The van der Waals surface area contributed by atoms with E-state index in [1.54, 1.807) is 24.3 Å². The van der Waals surface area contributed by atoms with Crippen molar-refractivity contribution in [2.24, 2.45) is 0 Å². The summed E-state index contributed by atoms with van der Waals surface area (Å²) in [5.74, 6) is -0.837. The predicted molar refractivity (Wildman–Crippen MR) is 92.5 cm³/mol. The Morgan fingerprint density at radius 3 is 2.44 bits per heavy atom. The molecular formula is C16H11ClF3N3O3S. The summed E-state index contributed by atoms with van der Waals surface area (Å²) in [6.45, 7) is 0. The molecule has 0 spiro atoms. The van der Waals surface area contributed by atoms with Crippen molar-refractivity contribution in [2.45, 2.75) is 11.3 Å². The fourth-order valence-electron chi connectivity index (χ4n) is 2.24. The summed E-state index contributed by atoms with van der Waals surface area (Å²) in [4.78, 5) is -0.659. The molecule has 0 amide bonds. The highest BCUT2D eigenvalue weighted by atomic mass is 35.5. The van der Waals surface area contributed by atoms with E-state index >= 15 is 0 Å². The minimum Gasteiger partial charge on any atom is -0.404 e. The molecule has 1 N–H and O–H groups in total. The summed E-state index contributed by atoms with van der Waals surface area (Å²) >= 11 is 6.06. The first kappa shape index (κ1) is 19.1. The smallest absolute Gasteiger partial charge is 0.404 e. The molecule has 0 fully saturated rings. The average molecular weight is 418 g/mol. The van der Waals surface area contributed by atoms with Gasteiger partial charge in [-0.15, -0.1) is 13.2 Å². The molecule has 11 heteroatoms. The molecule has 142 valence electrons. The molecular weight excluding hydrogens is 407 g/mol. The summed E-state index contributed by atoms with van der Waals surface area (Å²) in [7, 11) is -4.36. The Bertz CT molecular complexity index is 1070. The van der Waals surface area contributed by atoms with Crippen molar-refractivity contribution >= 4 is 27.3 Å². The maximum Gasteiger partial charge on any atom is 0.573 e. The van der Waals surface area contributed by atoms with E-state index in [9.17, 15) is 21.6 Å². The van der Waals surface area contributed by atoms with Crippen LogP contribution >= 0.6 is 11.6 Å². The van der Waals surface area contributed by atoms with Gasteiger partial charge >= 0.3 is 6.36 Å². The lowest BCUT2D eigenvalue weighted by Crippen LogP contribution is -2.20. The Morgan fingerprint density at radius 1 is 1.07 bits per heavy atom. The highest BCUT2D eigenvalue weighted by Crippen LogP contribution is 2.30. The van der Waals surface area contributed by atoms with Crippen LogP contribution < -0.4 is 9.46 Å². The first-order valence-corrected chi connectivity index (χ1v) is 9.19. The number of sulfonamides is 1. The zero-order valence-electron chi connectivity index (χ0n) is 13.3. The molecule has 3 aromatic rings. The van der Waals surface area contributed by atoms with Crippen molar-refractivity contribution in [3.8, 4) is 11.4 Å². The van der Waals surface area contributed by atoms with Crippen molar-refractivity contribution in [3.63, 3.8) is 0 Å². The van der Waals surface area contributed by atoms with Gasteiger partial charge < -0.3 is 4.74 Å². The third kappa shape index (κ3) is 4.52. The summed E-state index contributed by atoms with van der Waals surface area (Å²) in [5.41, 5.74) is 0.544. The molecule has 27 heavy (non-hydrogen) atoms. The molecule has 0 radical (unpaired) electrons. The van der Waals surface area contributed by atoms with Gasteiger partial charge in [-0.2, -0.15) is 5.10 Å². The fourth-order valence-corrected chi connectivity index (χ4v) is 3.62. The Kier molecular flexibility index (Phi) is 5.03. The molecule has 0 aliphatic rings. The topological polar surface area (TPSA) is 73.2 Å². The van der Waals surface area contributed by atoms with Crippen molar-refractivity contribution < 1.29 is 26.3 Å². The number of para-hydroxylation sites is 2. The second kappa shape index (κ2) is 7.12. The van der Waals surface area contributed by atoms with Crippen LogP contribution in [0.5, 0.6) is 5.75 Å². The normalized spacial score (nSPS) is 12.0. The van der Waals surface area contributed by atoms with E-state index < -0.39 is 27.0 Å². The Hall–Kier alpha value is -2.72. The summed E-state index contributed by atoms with van der Waals surface area (Å²) in [6.07, 6.45) is -2.49. The summed E-state index contributed by atoms with van der Waals surface area (Å²) < 4.78 is 69.8. The Labute approximate surface area is 157 Å². The van der Waals surface area contributed by atoms with Crippen molar-refractivity contribution in [3.05, 3.63) is 65.9 Å². The zero-order chi connectivity index (χ0) is 19.7. The second-order valence-corrected chi connectivity index (χ2v) is 7.28. The molecule has 0 atom stereocenters. The molecule has 2 aromatic carbocycles. The molecule has 3 rings (SSSR count). The number of benzene rings is 2. The van der Waals surface area contributed by atoms with E-state index in [1.807, 2.05) is 0 Å². The minimum atomic E-state index is -5.03. The van der Waals surface area contributed by atoms with Gasteiger partial charge in [0.05, 0.1) is 28.8 Å². The molecule has 0 saturated heterocycles. The third-order valence-electron chi connectivity index (χ3n) is 3.30. The molecule has 0 aliphatic carbocycles. The van der Waals surface area contributed by atoms with E-state index in [4.69, 9.17) is 11.6 Å². The number of hydrogen-bond acceptors (Lipinski definition) is 4. The van der Waals surface area contributed by atoms with Crippen LogP contribution in [-0.4, -0.2) is 24.6 Å². The SMILES string of the molecule is O=S(=O)(Nc1cnn(-c2ccccc2Cl)c1)c1ccccc1OC(F)(F)F. The van der Waals surface area contributed by atoms with E-state index in [-0.39, 0.29) is 5.69 Å². The zero-order valence-corrected chi connectivity index (χ0v) is 14.9. The highest BCUT2D eigenvalue weighted by molar-refractivity contribution is 7.92. The van der Waals surface area contributed by atoms with Gasteiger partial charge in [0.15, 0.2) is 0 Å². The monoisotopic (exact) mass is 417 g/mol. The van der Waals surface area contributed by atoms with Crippen LogP contribution in [-0.2, 0) is 10.0 Å². The maximum atomic E-state index is 12.5. The maximum absolute atomic E-state index is 12.5. The second-order valence-electron chi connectivity index (χ2n) is 5.23. The fraction of sp³-hybridized carbons (Fsp3) is 0.0625. The van der Waals surface area contributed by atoms with Gasteiger partial charge in [-0.1, -0.05) is 35.9 Å². The first-order chi connectivity index (χ1) is 12.7. The molecule has 0 bridgehead atoms. The van der Waals surface area contributed by atoms with Crippen LogP contribution in [0.1, 0.15) is 0 Å². The molecule has 0 saturated carbocycles. The van der Waals surface area contributed by atoms with Crippen molar-refractivity contribution in [2.75, 3.05) is 4.72 Å². The number of alkyl halides is 3. The number of hydrogen-bond donors (Lipinski definition) is 1. The van der Waals surface area contributed by atoms with Gasteiger partial charge in [-0.25, -0.2) is 13.1 Å². The Balaban J connectivity index is 1.90.